The summed E-state index contributed by atoms with van der Waals surface area (Å²) in [6.45, 7) is 3.25. The summed E-state index contributed by atoms with van der Waals surface area (Å²) < 4.78 is 17.4. The van der Waals surface area contributed by atoms with E-state index in [-0.39, 0.29) is 23.9 Å². The molecule has 196 valence electrons. The number of aromatic nitrogens is 2. The van der Waals surface area contributed by atoms with Crippen LogP contribution in [0.4, 0.5) is 5.69 Å². The number of benzene rings is 3. The predicted octanol–water partition coefficient (Wildman–Crippen LogP) is 4.93. The second kappa shape index (κ2) is 10.6. The van der Waals surface area contributed by atoms with Gasteiger partial charge >= 0.3 is 11.7 Å². The Labute approximate surface area is 221 Å². The van der Waals surface area contributed by atoms with Gasteiger partial charge < -0.3 is 13.9 Å². The van der Waals surface area contributed by atoms with Crippen LogP contribution < -0.4 is 10.3 Å². The number of nitro groups is 1. The van der Waals surface area contributed by atoms with Crippen LogP contribution in [0.3, 0.4) is 0 Å². The summed E-state index contributed by atoms with van der Waals surface area (Å²) >= 11 is 0. The van der Waals surface area contributed by atoms with E-state index >= 15 is 0 Å². The Morgan fingerprint density at radius 1 is 1.15 bits per heavy atom. The first kappa shape index (κ1) is 25.3. The minimum absolute atomic E-state index is 0.106. The predicted molar refractivity (Wildman–Crippen MR) is 144 cm³/mol. The Hall–Kier alpha value is -5.32. The first-order valence-electron chi connectivity index (χ1n) is 12.0. The average Bonchev–Trinajstić information content (AvgIpc) is 3.37. The molecule has 0 unspecified atom stereocenters. The number of carbonyl (C=O) groups is 1. The van der Waals surface area contributed by atoms with Gasteiger partial charge in [-0.15, -0.1) is 0 Å². The molecule has 0 radical (unpaired) electrons. The zero-order chi connectivity index (χ0) is 27.5. The molecular formula is C28H22N4O7. The quantitative estimate of drug-likeness (QED) is 0.120. The zero-order valence-electron chi connectivity index (χ0n) is 20.9. The molecule has 0 N–H and O–H groups in total. The van der Waals surface area contributed by atoms with Crippen molar-refractivity contribution in [3.63, 3.8) is 0 Å². The van der Waals surface area contributed by atoms with E-state index in [4.69, 9.17) is 13.9 Å². The van der Waals surface area contributed by atoms with Crippen LogP contribution in [-0.4, -0.2) is 39.5 Å². The van der Waals surface area contributed by atoms with Crippen LogP contribution in [0, 0.1) is 10.1 Å². The van der Waals surface area contributed by atoms with Crippen molar-refractivity contribution in [2.24, 2.45) is 5.10 Å². The highest BCUT2D eigenvalue weighted by Gasteiger charge is 2.22. The summed E-state index contributed by atoms with van der Waals surface area (Å²) in [4.78, 5) is 41.1. The molecule has 1 atom stereocenters. The Bertz CT molecular complexity index is 1770. The molecule has 0 spiro atoms. The maximum absolute atomic E-state index is 13.4. The summed E-state index contributed by atoms with van der Waals surface area (Å²) in [5, 5.41) is 17.2. The van der Waals surface area contributed by atoms with Crippen LogP contribution in [0.2, 0.25) is 0 Å². The van der Waals surface area contributed by atoms with Crippen molar-refractivity contribution in [2.45, 2.75) is 20.0 Å². The highest BCUT2D eigenvalue weighted by Crippen LogP contribution is 2.29. The van der Waals surface area contributed by atoms with Gasteiger partial charge in [0.25, 0.3) is 5.56 Å². The van der Waals surface area contributed by atoms with E-state index in [1.807, 2.05) is 18.2 Å². The van der Waals surface area contributed by atoms with Gasteiger partial charge in [-0.3, -0.25) is 14.9 Å². The maximum Gasteiger partial charge on any atom is 0.347 e. The smallest absolute Gasteiger partial charge is 0.347 e. The standard InChI is InChI=1S/C28H22N4O7/c1-3-37-28(34)17(2)38-24-13-12-18(14-22(24)32(35)36)16-29-31-26(25-15-19-8-4-7-11-23(19)39-25)30-21-10-6-5-9-20(21)27(31)33/h4-17H,3H2,1-2H3/t17-/m1/s1. The van der Waals surface area contributed by atoms with Crippen LogP contribution in [0.15, 0.2) is 87.1 Å². The van der Waals surface area contributed by atoms with Crippen molar-refractivity contribution < 1.29 is 23.6 Å². The van der Waals surface area contributed by atoms with Gasteiger partial charge in [0, 0.05) is 17.0 Å². The summed E-state index contributed by atoms with van der Waals surface area (Å²) in [6.07, 6.45) is 0.257. The molecule has 5 rings (SSSR count). The number of hydrogen-bond acceptors (Lipinski definition) is 9. The largest absolute Gasteiger partial charge is 0.472 e. The number of para-hydroxylation sites is 2. The Morgan fingerprint density at radius 3 is 2.69 bits per heavy atom. The molecule has 0 aliphatic heterocycles. The SMILES string of the molecule is CCOC(=O)[C@@H](C)Oc1ccc(C=Nn2c(-c3cc4ccccc4o3)nc3ccccc3c2=O)cc1[N+](=O)[O-]. The first-order valence-corrected chi connectivity index (χ1v) is 12.0. The van der Waals surface area contributed by atoms with E-state index in [1.165, 1.54) is 31.3 Å². The fourth-order valence-electron chi connectivity index (χ4n) is 3.96. The Morgan fingerprint density at radius 2 is 1.92 bits per heavy atom. The molecule has 0 amide bonds. The molecule has 0 aliphatic carbocycles. The van der Waals surface area contributed by atoms with E-state index in [0.717, 1.165) is 10.1 Å². The van der Waals surface area contributed by atoms with Crippen molar-refractivity contribution in [3.8, 4) is 17.3 Å². The van der Waals surface area contributed by atoms with Crippen molar-refractivity contribution >= 4 is 39.7 Å². The molecule has 3 aromatic carbocycles. The van der Waals surface area contributed by atoms with E-state index < -0.39 is 22.6 Å². The lowest BCUT2D eigenvalue weighted by Crippen LogP contribution is -2.26. The van der Waals surface area contributed by atoms with Crippen LogP contribution in [-0.2, 0) is 9.53 Å². The number of rotatable bonds is 8. The van der Waals surface area contributed by atoms with Gasteiger partial charge in [0.2, 0.25) is 5.82 Å². The minimum Gasteiger partial charge on any atom is -0.472 e. The molecular weight excluding hydrogens is 504 g/mol. The van der Waals surface area contributed by atoms with Crippen LogP contribution in [0.5, 0.6) is 5.75 Å². The van der Waals surface area contributed by atoms with Crippen LogP contribution >= 0.6 is 0 Å². The highest BCUT2D eigenvalue weighted by atomic mass is 16.6. The van der Waals surface area contributed by atoms with Crippen molar-refractivity contribution in [1.82, 2.24) is 9.66 Å². The number of nitrogens with zero attached hydrogens (tertiary/aromatic N) is 4. The number of furan rings is 1. The van der Waals surface area contributed by atoms with Gasteiger partial charge in [0.15, 0.2) is 17.6 Å². The molecule has 0 aliphatic rings. The number of carbonyl (C=O) groups excluding carboxylic acids is 1. The third kappa shape index (κ3) is 5.10. The molecule has 0 fully saturated rings. The van der Waals surface area contributed by atoms with Crippen LogP contribution in [0.25, 0.3) is 33.5 Å². The zero-order valence-corrected chi connectivity index (χ0v) is 20.9. The molecule has 11 heteroatoms. The number of esters is 1. The number of ether oxygens (including phenoxy) is 2. The second-order valence-corrected chi connectivity index (χ2v) is 8.46. The van der Waals surface area contributed by atoms with Gasteiger partial charge in [-0.2, -0.15) is 9.78 Å². The monoisotopic (exact) mass is 526 g/mol. The lowest BCUT2D eigenvalue weighted by Gasteiger charge is -2.13. The molecule has 0 saturated heterocycles. The minimum atomic E-state index is -1.04. The summed E-state index contributed by atoms with van der Waals surface area (Å²) in [7, 11) is 0. The average molecular weight is 527 g/mol. The normalized spacial score (nSPS) is 12.2. The van der Waals surface area contributed by atoms with Crippen molar-refractivity contribution in [1.29, 1.82) is 0 Å². The molecule has 11 nitrogen and oxygen atoms in total. The van der Waals surface area contributed by atoms with Crippen LogP contribution in [0.1, 0.15) is 19.4 Å². The van der Waals surface area contributed by atoms with Crippen molar-refractivity contribution in [3.05, 3.63) is 98.8 Å². The van der Waals surface area contributed by atoms with E-state index in [2.05, 4.69) is 10.1 Å². The molecule has 0 bridgehead atoms. The van der Waals surface area contributed by atoms with Gasteiger partial charge in [-0.25, -0.2) is 9.78 Å². The lowest BCUT2D eigenvalue weighted by molar-refractivity contribution is -0.386. The molecule has 2 aromatic heterocycles. The number of fused-ring (bicyclic) bond motifs is 2. The number of hydrogen-bond donors (Lipinski definition) is 0. The van der Waals surface area contributed by atoms with E-state index in [0.29, 0.717) is 27.8 Å². The molecule has 5 aromatic rings. The topological polar surface area (TPSA) is 139 Å². The first-order chi connectivity index (χ1) is 18.9. The second-order valence-electron chi connectivity index (χ2n) is 8.46. The van der Waals surface area contributed by atoms with Gasteiger partial charge in [0.1, 0.15) is 5.58 Å². The lowest BCUT2D eigenvalue weighted by atomic mass is 10.2. The maximum atomic E-state index is 13.4. The Kier molecular flexibility index (Phi) is 6.87. The Balaban J connectivity index is 1.57. The fraction of sp³-hybridized carbons (Fsp3) is 0.143. The fourth-order valence-corrected chi connectivity index (χ4v) is 3.96. The van der Waals surface area contributed by atoms with Gasteiger partial charge in [-0.1, -0.05) is 30.3 Å². The molecule has 2 heterocycles. The van der Waals surface area contributed by atoms with E-state index in [9.17, 15) is 19.7 Å². The summed E-state index contributed by atoms with van der Waals surface area (Å²) in [6, 6.07) is 20.1. The van der Waals surface area contributed by atoms with E-state index in [1.54, 1.807) is 43.3 Å². The highest BCUT2D eigenvalue weighted by molar-refractivity contribution is 5.85. The molecule has 39 heavy (non-hydrogen) atoms. The third-order valence-electron chi connectivity index (χ3n) is 5.82. The molecule has 0 saturated carbocycles. The van der Waals surface area contributed by atoms with Crippen molar-refractivity contribution in [2.75, 3.05) is 6.61 Å². The summed E-state index contributed by atoms with van der Waals surface area (Å²) in [5.41, 5.74) is 0.584. The third-order valence-corrected chi connectivity index (χ3v) is 5.82. The van der Waals surface area contributed by atoms with Gasteiger partial charge in [-0.05, 0) is 50.2 Å². The summed E-state index contributed by atoms with van der Waals surface area (Å²) in [5.74, 6) is -0.244. The number of nitro benzene ring substituents is 1. The van der Waals surface area contributed by atoms with Gasteiger partial charge in [0.05, 0.1) is 28.6 Å².